The van der Waals surface area contributed by atoms with Crippen LogP contribution in [0.4, 0.5) is 0 Å². The summed E-state index contributed by atoms with van der Waals surface area (Å²) in [5, 5.41) is 22.8. The van der Waals surface area contributed by atoms with Crippen LogP contribution in [0.5, 0.6) is 5.75 Å². The van der Waals surface area contributed by atoms with Crippen molar-refractivity contribution in [3.63, 3.8) is 0 Å². The number of carboxylic acids is 1. The van der Waals surface area contributed by atoms with Crippen LogP contribution < -0.4 is 16.4 Å². The van der Waals surface area contributed by atoms with Crippen molar-refractivity contribution in [1.82, 2.24) is 10.6 Å². The van der Waals surface area contributed by atoms with Crippen molar-refractivity contribution in [3.05, 3.63) is 29.8 Å². The molecule has 0 aliphatic rings. The lowest BCUT2D eigenvalue weighted by Gasteiger charge is -2.20. The molecule has 0 spiro atoms. The largest absolute Gasteiger partial charge is 0.508 e. The maximum atomic E-state index is 12.1. The predicted octanol–water partition coefficient (Wildman–Crippen LogP) is -1.03. The second kappa shape index (κ2) is 7.99. The number of aliphatic carboxylic acids is 1. The first-order valence-corrected chi connectivity index (χ1v) is 6.64. The highest BCUT2D eigenvalue weighted by Crippen LogP contribution is 2.11. The van der Waals surface area contributed by atoms with Gasteiger partial charge in [-0.25, -0.2) is 0 Å². The van der Waals surface area contributed by atoms with E-state index in [1.165, 1.54) is 19.1 Å². The van der Waals surface area contributed by atoms with Gasteiger partial charge < -0.3 is 26.6 Å². The highest BCUT2D eigenvalue weighted by molar-refractivity contribution is 5.90. The van der Waals surface area contributed by atoms with E-state index in [4.69, 9.17) is 10.8 Å². The number of hydrogen-bond acceptors (Lipinski definition) is 5. The Kier molecular flexibility index (Phi) is 6.33. The molecule has 0 bridgehead atoms. The minimum atomic E-state index is -1.18. The molecule has 120 valence electrons. The Bertz CT molecular complexity index is 544. The fourth-order valence-corrected chi connectivity index (χ4v) is 1.71. The SMILES string of the molecule is CC(NC(=O)C(Cc1ccc(O)cc1)NC(=O)CN)C(=O)O. The van der Waals surface area contributed by atoms with Gasteiger partial charge >= 0.3 is 5.97 Å². The minimum Gasteiger partial charge on any atom is -0.508 e. The number of aromatic hydroxyl groups is 1. The smallest absolute Gasteiger partial charge is 0.325 e. The number of nitrogens with two attached hydrogens (primary N) is 1. The van der Waals surface area contributed by atoms with E-state index >= 15 is 0 Å². The van der Waals surface area contributed by atoms with Gasteiger partial charge in [-0.3, -0.25) is 14.4 Å². The van der Waals surface area contributed by atoms with Crippen LogP contribution in [-0.2, 0) is 20.8 Å². The Morgan fingerprint density at radius 1 is 1.18 bits per heavy atom. The molecule has 0 heterocycles. The summed E-state index contributed by atoms with van der Waals surface area (Å²) >= 11 is 0. The summed E-state index contributed by atoms with van der Waals surface area (Å²) in [7, 11) is 0. The molecule has 6 N–H and O–H groups in total. The van der Waals surface area contributed by atoms with Crippen LogP contribution >= 0.6 is 0 Å². The van der Waals surface area contributed by atoms with Gasteiger partial charge in [0.2, 0.25) is 11.8 Å². The maximum absolute atomic E-state index is 12.1. The molecule has 0 aliphatic heterocycles. The zero-order valence-electron chi connectivity index (χ0n) is 12.1. The number of carbonyl (C=O) groups excluding carboxylic acids is 2. The van der Waals surface area contributed by atoms with Crippen LogP contribution in [0.3, 0.4) is 0 Å². The monoisotopic (exact) mass is 309 g/mol. The number of carboxylic acid groups (broad SMARTS) is 1. The second-order valence-corrected chi connectivity index (χ2v) is 4.76. The van der Waals surface area contributed by atoms with Crippen LogP contribution in [0.1, 0.15) is 12.5 Å². The van der Waals surface area contributed by atoms with Gasteiger partial charge in [0, 0.05) is 6.42 Å². The number of rotatable bonds is 7. The Morgan fingerprint density at radius 2 is 1.77 bits per heavy atom. The molecule has 0 aliphatic carbocycles. The lowest BCUT2D eigenvalue weighted by atomic mass is 10.0. The molecule has 2 amide bonds. The number of phenols is 1. The number of hydrogen-bond donors (Lipinski definition) is 5. The van der Waals surface area contributed by atoms with Gasteiger partial charge in [-0.05, 0) is 24.6 Å². The third kappa shape index (κ3) is 5.41. The van der Waals surface area contributed by atoms with Crippen LogP contribution in [0.25, 0.3) is 0 Å². The molecule has 2 unspecified atom stereocenters. The standard InChI is InChI=1S/C14H19N3O5/c1-8(14(21)22)16-13(20)11(17-12(19)7-15)6-9-2-4-10(18)5-3-9/h2-5,8,11,18H,6-7,15H2,1H3,(H,16,20)(H,17,19)(H,21,22). The van der Waals surface area contributed by atoms with E-state index < -0.39 is 29.9 Å². The van der Waals surface area contributed by atoms with E-state index in [-0.39, 0.29) is 18.7 Å². The molecule has 8 heteroatoms. The average molecular weight is 309 g/mol. The van der Waals surface area contributed by atoms with E-state index in [1.54, 1.807) is 12.1 Å². The van der Waals surface area contributed by atoms with Crippen LogP contribution in [0.15, 0.2) is 24.3 Å². The molecule has 1 aromatic rings. The van der Waals surface area contributed by atoms with Gasteiger partial charge in [-0.2, -0.15) is 0 Å². The molecular weight excluding hydrogens is 290 g/mol. The summed E-state index contributed by atoms with van der Waals surface area (Å²) in [4.78, 5) is 34.3. The molecule has 8 nitrogen and oxygen atoms in total. The van der Waals surface area contributed by atoms with Crippen LogP contribution in [-0.4, -0.2) is 46.6 Å². The van der Waals surface area contributed by atoms with Gasteiger partial charge in [0.25, 0.3) is 0 Å². The van der Waals surface area contributed by atoms with Crippen molar-refractivity contribution < 1.29 is 24.6 Å². The summed E-state index contributed by atoms with van der Waals surface area (Å²) in [5.74, 6) is -2.25. The molecular formula is C14H19N3O5. The molecule has 22 heavy (non-hydrogen) atoms. The summed E-state index contributed by atoms with van der Waals surface area (Å²) in [6, 6.07) is 4.08. The summed E-state index contributed by atoms with van der Waals surface area (Å²) in [6.07, 6.45) is 0.143. The number of benzene rings is 1. The number of nitrogens with one attached hydrogen (secondary N) is 2. The van der Waals surface area contributed by atoms with E-state index in [9.17, 15) is 19.5 Å². The highest BCUT2D eigenvalue weighted by atomic mass is 16.4. The van der Waals surface area contributed by atoms with Gasteiger partial charge in [-0.1, -0.05) is 12.1 Å². The van der Waals surface area contributed by atoms with Crippen molar-refractivity contribution >= 4 is 17.8 Å². The van der Waals surface area contributed by atoms with E-state index in [0.29, 0.717) is 5.56 Å². The summed E-state index contributed by atoms with van der Waals surface area (Å²) in [6.45, 7) is 1.04. The van der Waals surface area contributed by atoms with Crippen molar-refractivity contribution in [3.8, 4) is 5.75 Å². The Morgan fingerprint density at radius 3 is 2.27 bits per heavy atom. The quantitative estimate of drug-likeness (QED) is 0.436. The Hall–Kier alpha value is -2.61. The average Bonchev–Trinajstić information content (AvgIpc) is 2.48. The van der Waals surface area contributed by atoms with E-state index in [1.807, 2.05) is 0 Å². The minimum absolute atomic E-state index is 0.0789. The normalized spacial score (nSPS) is 13.0. The zero-order chi connectivity index (χ0) is 16.7. The molecule has 0 fully saturated rings. The molecule has 1 aromatic carbocycles. The van der Waals surface area contributed by atoms with E-state index in [2.05, 4.69) is 10.6 Å². The fraction of sp³-hybridized carbons (Fsp3) is 0.357. The second-order valence-electron chi connectivity index (χ2n) is 4.76. The van der Waals surface area contributed by atoms with E-state index in [0.717, 1.165) is 0 Å². The summed E-state index contributed by atoms with van der Waals surface area (Å²) in [5.41, 5.74) is 5.91. The summed E-state index contributed by atoms with van der Waals surface area (Å²) < 4.78 is 0. The van der Waals surface area contributed by atoms with Crippen molar-refractivity contribution in [2.24, 2.45) is 5.73 Å². The van der Waals surface area contributed by atoms with Crippen molar-refractivity contribution in [1.29, 1.82) is 0 Å². The first kappa shape index (κ1) is 17.4. The number of amides is 2. The van der Waals surface area contributed by atoms with Gasteiger partial charge in [0.1, 0.15) is 17.8 Å². The third-order valence-corrected chi connectivity index (χ3v) is 2.94. The molecule has 0 radical (unpaired) electrons. The molecule has 0 saturated heterocycles. The molecule has 0 saturated carbocycles. The topological polar surface area (TPSA) is 142 Å². The molecule has 2 atom stereocenters. The predicted molar refractivity (Wildman–Crippen MR) is 78.0 cm³/mol. The van der Waals surface area contributed by atoms with Gasteiger partial charge in [0.05, 0.1) is 6.54 Å². The molecule has 0 aromatic heterocycles. The zero-order valence-corrected chi connectivity index (χ0v) is 12.1. The Balaban J connectivity index is 2.82. The van der Waals surface area contributed by atoms with Crippen molar-refractivity contribution in [2.45, 2.75) is 25.4 Å². The number of phenolic OH excluding ortho intramolecular Hbond substituents is 1. The van der Waals surface area contributed by atoms with Gasteiger partial charge in [-0.15, -0.1) is 0 Å². The highest BCUT2D eigenvalue weighted by Gasteiger charge is 2.24. The first-order chi connectivity index (χ1) is 10.3. The Labute approximate surface area is 127 Å². The van der Waals surface area contributed by atoms with Gasteiger partial charge in [0.15, 0.2) is 0 Å². The fourth-order valence-electron chi connectivity index (χ4n) is 1.71. The maximum Gasteiger partial charge on any atom is 0.325 e. The van der Waals surface area contributed by atoms with Crippen molar-refractivity contribution in [2.75, 3.05) is 6.54 Å². The van der Waals surface area contributed by atoms with Crippen LogP contribution in [0.2, 0.25) is 0 Å². The third-order valence-electron chi connectivity index (χ3n) is 2.94. The van der Waals surface area contributed by atoms with Crippen LogP contribution in [0, 0.1) is 0 Å². The lowest BCUT2D eigenvalue weighted by Crippen LogP contribution is -2.52. The number of carbonyl (C=O) groups is 3. The lowest BCUT2D eigenvalue weighted by molar-refractivity contribution is -0.141. The first-order valence-electron chi connectivity index (χ1n) is 6.64. The molecule has 1 rings (SSSR count).